The highest BCUT2D eigenvalue weighted by molar-refractivity contribution is 7.73. The fourth-order valence-corrected chi connectivity index (χ4v) is 23.0. The molecule has 8 saturated carbocycles. The van der Waals surface area contributed by atoms with Crippen molar-refractivity contribution in [1.82, 2.24) is 0 Å². The van der Waals surface area contributed by atoms with Gasteiger partial charge in [-0.3, -0.25) is 0 Å². The van der Waals surface area contributed by atoms with Crippen LogP contribution in [0.1, 0.15) is 105 Å². The molecule has 55 heavy (non-hydrogen) atoms. The van der Waals surface area contributed by atoms with E-state index in [-0.39, 0.29) is 7.92 Å². The molecule has 1 unspecified atom stereocenters. The third-order valence-electron chi connectivity index (χ3n) is 16.3. The molecule has 4 aromatic carbocycles. The third kappa shape index (κ3) is 6.22. The lowest BCUT2D eigenvalue weighted by Gasteiger charge is -2.68. The minimum atomic E-state index is -0.580. The van der Waals surface area contributed by atoms with Gasteiger partial charge in [-0.2, -0.15) is 0 Å². The highest BCUT2D eigenvalue weighted by Crippen LogP contribution is 2.79. The Kier molecular flexibility index (Phi) is 8.98. The molecule has 0 nitrogen and oxygen atoms in total. The van der Waals surface area contributed by atoms with Gasteiger partial charge in [-0.1, -0.05) is 129 Å². The van der Waals surface area contributed by atoms with E-state index in [1.165, 1.54) is 28.4 Å². The number of benzene rings is 4. The highest BCUT2D eigenvalue weighted by atomic mass is 31.1. The smallest absolute Gasteiger partial charge is 0.0314 e. The standard InChI is InChI=1S/C53H60P2/c1-36-13-9-11-19-49(36)54(50-20-12-10-14-37(50)2)34-46-27-47(44-15-5-3-6-16-44)51(45-17-7-4-8-18-45)48(46)35-55(52-28-38-21-39(29-52)23-40(22-38)30-52)53-31-41-24-42(32-53)26-43(25-41)33-53/h3-20,27,38-43,51H,21-26,28-35H2,1-2H3. The van der Waals surface area contributed by atoms with E-state index in [1.54, 1.807) is 98.8 Å². The Morgan fingerprint density at radius 2 is 0.909 bits per heavy atom. The molecule has 0 N–H and O–H groups in total. The summed E-state index contributed by atoms with van der Waals surface area (Å²) in [6.07, 6.45) is 24.1. The van der Waals surface area contributed by atoms with Crippen molar-refractivity contribution in [2.45, 2.75) is 107 Å². The zero-order valence-electron chi connectivity index (χ0n) is 33.3. The van der Waals surface area contributed by atoms with E-state index in [1.807, 2.05) is 5.57 Å². The average molecular weight is 759 g/mol. The second-order valence-corrected chi connectivity index (χ2v) is 25.1. The van der Waals surface area contributed by atoms with Gasteiger partial charge in [0.15, 0.2) is 0 Å². The first kappa shape index (κ1) is 35.4. The van der Waals surface area contributed by atoms with Crippen LogP contribution in [0.4, 0.5) is 0 Å². The van der Waals surface area contributed by atoms with Gasteiger partial charge in [0.2, 0.25) is 0 Å². The van der Waals surface area contributed by atoms with Crippen LogP contribution in [0.3, 0.4) is 0 Å². The molecule has 0 saturated heterocycles. The summed E-state index contributed by atoms with van der Waals surface area (Å²) in [5, 5.41) is 4.37. The SMILES string of the molecule is Cc1ccccc1P(CC1=C(CP(C23CC4CC(CC(C4)C2)C3)C23CC4CC(CC(C4)C2)C3)C(c2ccccc2)C(c2ccccc2)=C1)c1ccccc1C. The van der Waals surface area contributed by atoms with Gasteiger partial charge in [0.05, 0.1) is 0 Å². The summed E-state index contributed by atoms with van der Waals surface area (Å²) in [5.41, 5.74) is 11.0. The zero-order chi connectivity index (χ0) is 36.7. The monoisotopic (exact) mass is 758 g/mol. The lowest BCUT2D eigenvalue weighted by atomic mass is 9.55. The van der Waals surface area contributed by atoms with Crippen LogP contribution in [0.25, 0.3) is 5.57 Å². The largest absolute Gasteiger partial charge is 0.0897 e. The van der Waals surface area contributed by atoms with E-state index in [4.69, 9.17) is 0 Å². The van der Waals surface area contributed by atoms with Gasteiger partial charge in [-0.25, -0.2) is 0 Å². The highest BCUT2D eigenvalue weighted by Gasteiger charge is 2.63. The maximum Gasteiger partial charge on any atom is 0.0314 e. The van der Waals surface area contributed by atoms with E-state index < -0.39 is 7.92 Å². The molecule has 13 rings (SSSR count). The van der Waals surface area contributed by atoms with Gasteiger partial charge in [0, 0.05) is 12.1 Å². The van der Waals surface area contributed by atoms with Crippen LogP contribution in [-0.4, -0.2) is 22.6 Å². The summed E-state index contributed by atoms with van der Waals surface area (Å²) in [6, 6.07) is 42.2. The van der Waals surface area contributed by atoms with Crippen molar-refractivity contribution in [1.29, 1.82) is 0 Å². The molecule has 4 aromatic rings. The molecule has 0 spiro atoms. The van der Waals surface area contributed by atoms with Crippen LogP contribution in [0, 0.1) is 49.4 Å². The van der Waals surface area contributed by atoms with E-state index in [0.29, 0.717) is 16.2 Å². The molecule has 8 fully saturated rings. The molecule has 9 aliphatic rings. The lowest BCUT2D eigenvalue weighted by Crippen LogP contribution is -2.57. The molecule has 0 amide bonds. The van der Waals surface area contributed by atoms with Crippen LogP contribution in [0.15, 0.2) is 126 Å². The number of hydrogen-bond acceptors (Lipinski definition) is 0. The van der Waals surface area contributed by atoms with Gasteiger partial charge in [0.1, 0.15) is 0 Å². The molecule has 0 aliphatic heterocycles. The van der Waals surface area contributed by atoms with Crippen molar-refractivity contribution in [3.8, 4) is 0 Å². The van der Waals surface area contributed by atoms with Gasteiger partial charge in [-0.05, 0) is 195 Å². The Labute approximate surface area is 334 Å². The predicted molar refractivity (Wildman–Crippen MR) is 238 cm³/mol. The first-order valence-corrected chi connectivity index (χ1v) is 25.2. The van der Waals surface area contributed by atoms with Gasteiger partial charge in [0.25, 0.3) is 0 Å². The van der Waals surface area contributed by atoms with Gasteiger partial charge in [-0.15, -0.1) is 0 Å². The molecule has 0 heterocycles. The molecular weight excluding hydrogens is 699 g/mol. The molecule has 8 bridgehead atoms. The molecular formula is C53H60P2. The van der Waals surface area contributed by atoms with E-state index >= 15 is 0 Å². The summed E-state index contributed by atoms with van der Waals surface area (Å²) in [5.74, 6) is 6.43. The quantitative estimate of drug-likeness (QED) is 0.141. The minimum absolute atomic E-state index is 0.181. The van der Waals surface area contributed by atoms with E-state index in [9.17, 15) is 0 Å². The van der Waals surface area contributed by atoms with Crippen LogP contribution in [0.2, 0.25) is 0 Å². The summed E-state index contributed by atoms with van der Waals surface area (Å²) in [7, 11) is -0.762. The molecule has 0 aromatic heterocycles. The van der Waals surface area contributed by atoms with Crippen molar-refractivity contribution in [2.24, 2.45) is 35.5 Å². The Bertz CT molecular complexity index is 1960. The van der Waals surface area contributed by atoms with Crippen molar-refractivity contribution in [3.63, 3.8) is 0 Å². The molecule has 1 atom stereocenters. The summed E-state index contributed by atoms with van der Waals surface area (Å²) in [6.45, 7) is 4.73. The van der Waals surface area contributed by atoms with Crippen molar-refractivity contribution >= 4 is 32.0 Å². The Morgan fingerprint density at radius 3 is 1.36 bits per heavy atom. The molecule has 9 aliphatic carbocycles. The normalized spacial score (nSPS) is 34.8. The van der Waals surface area contributed by atoms with Crippen LogP contribution >= 0.6 is 15.8 Å². The van der Waals surface area contributed by atoms with Crippen molar-refractivity contribution in [2.75, 3.05) is 12.3 Å². The zero-order valence-corrected chi connectivity index (χ0v) is 35.1. The molecule has 282 valence electrons. The Morgan fingerprint density at radius 1 is 0.491 bits per heavy atom. The van der Waals surface area contributed by atoms with Crippen LogP contribution < -0.4 is 10.6 Å². The lowest BCUT2D eigenvalue weighted by molar-refractivity contribution is 0.0187. The first-order chi connectivity index (χ1) is 26.9. The van der Waals surface area contributed by atoms with E-state index in [0.717, 1.165) is 41.7 Å². The number of allylic oxidation sites excluding steroid dienone is 4. The summed E-state index contributed by atoms with van der Waals surface area (Å²) < 4.78 is 0. The number of aryl methyl sites for hydroxylation is 2. The summed E-state index contributed by atoms with van der Waals surface area (Å²) in [4.78, 5) is 0. The third-order valence-corrected chi connectivity index (χ3v) is 23.1. The van der Waals surface area contributed by atoms with Gasteiger partial charge >= 0.3 is 0 Å². The van der Waals surface area contributed by atoms with Crippen molar-refractivity contribution < 1.29 is 0 Å². The van der Waals surface area contributed by atoms with Crippen molar-refractivity contribution in [3.05, 3.63) is 149 Å². The van der Waals surface area contributed by atoms with Gasteiger partial charge < -0.3 is 0 Å². The van der Waals surface area contributed by atoms with Crippen LogP contribution in [-0.2, 0) is 0 Å². The minimum Gasteiger partial charge on any atom is -0.0897 e. The molecule has 2 heteroatoms. The number of hydrogen-bond donors (Lipinski definition) is 0. The second kappa shape index (κ2) is 14.0. The second-order valence-electron chi connectivity index (χ2n) is 19.9. The Balaban J connectivity index is 1.11. The maximum absolute atomic E-state index is 2.76. The Hall–Kier alpha value is -2.78. The number of rotatable bonds is 10. The van der Waals surface area contributed by atoms with Crippen LogP contribution in [0.5, 0.6) is 0 Å². The molecule has 0 radical (unpaired) electrons. The average Bonchev–Trinajstić information content (AvgIpc) is 3.54. The fourth-order valence-electron chi connectivity index (χ4n) is 15.0. The maximum atomic E-state index is 2.76. The predicted octanol–water partition coefficient (Wildman–Crippen LogP) is 13.3. The fraction of sp³-hybridized carbons (Fsp3) is 0.472. The van der Waals surface area contributed by atoms with E-state index in [2.05, 4.69) is 129 Å². The topological polar surface area (TPSA) is 0 Å². The summed E-state index contributed by atoms with van der Waals surface area (Å²) >= 11 is 0. The first-order valence-electron chi connectivity index (χ1n) is 22.1.